The number of methoxy groups -OCH3 is 1. The van der Waals surface area contributed by atoms with Gasteiger partial charge in [0.05, 0.1) is 13.3 Å². The van der Waals surface area contributed by atoms with Crippen LogP contribution in [0.15, 0.2) is 28.9 Å². The maximum absolute atomic E-state index is 5.97. The van der Waals surface area contributed by atoms with Crippen LogP contribution in [0.5, 0.6) is 5.75 Å². The summed E-state index contributed by atoms with van der Waals surface area (Å²) in [5.41, 5.74) is 6.29. The Kier molecular flexibility index (Phi) is 3.88. The van der Waals surface area contributed by atoms with Gasteiger partial charge < -0.3 is 15.8 Å². The molecule has 0 unspecified atom stereocenters. The van der Waals surface area contributed by atoms with Gasteiger partial charge in [-0.05, 0) is 12.1 Å². The van der Waals surface area contributed by atoms with Gasteiger partial charge in [-0.3, -0.25) is 0 Å². The predicted molar refractivity (Wildman–Crippen MR) is 75.4 cm³/mol. The minimum atomic E-state index is 0.156. The lowest BCUT2D eigenvalue weighted by Crippen LogP contribution is -2.00. The molecule has 0 radical (unpaired) electrons. The minimum Gasteiger partial charge on any atom is -0.497 e. The molecule has 2 rings (SSSR count). The first kappa shape index (κ1) is 12.9. The molecule has 1 heterocycles. The van der Waals surface area contributed by atoms with E-state index in [2.05, 4.69) is 31.2 Å². The van der Waals surface area contributed by atoms with E-state index >= 15 is 0 Å². The van der Waals surface area contributed by atoms with Crippen molar-refractivity contribution in [2.24, 2.45) is 0 Å². The predicted octanol–water partition coefficient (Wildman–Crippen LogP) is 3.23. The molecule has 0 amide bonds. The molecule has 0 saturated carbocycles. The molecule has 94 valence electrons. The van der Waals surface area contributed by atoms with E-state index in [4.69, 9.17) is 22.1 Å². The summed E-state index contributed by atoms with van der Waals surface area (Å²) in [6.45, 7) is 0. The smallest absolute Gasteiger partial charge is 0.222 e. The second-order valence-electron chi connectivity index (χ2n) is 3.43. The molecule has 1 aromatic heterocycles. The normalized spacial score (nSPS) is 10.2. The van der Waals surface area contributed by atoms with Gasteiger partial charge in [-0.1, -0.05) is 27.5 Å². The summed E-state index contributed by atoms with van der Waals surface area (Å²) < 4.78 is 6.04. The van der Waals surface area contributed by atoms with Gasteiger partial charge in [-0.25, -0.2) is 4.98 Å². The zero-order valence-corrected chi connectivity index (χ0v) is 11.8. The molecule has 1 aromatic carbocycles. The zero-order chi connectivity index (χ0) is 13.1. The Bertz CT molecular complexity index is 579. The molecule has 0 aliphatic rings. The number of hydrogen-bond donors (Lipinski definition) is 2. The maximum atomic E-state index is 5.97. The third-order valence-electron chi connectivity index (χ3n) is 2.13. The van der Waals surface area contributed by atoms with Crippen LogP contribution in [0.4, 0.5) is 17.5 Å². The Morgan fingerprint density at radius 2 is 2.17 bits per heavy atom. The van der Waals surface area contributed by atoms with Gasteiger partial charge in [0.2, 0.25) is 5.95 Å². The second-order valence-corrected chi connectivity index (χ2v) is 4.75. The van der Waals surface area contributed by atoms with E-state index < -0.39 is 0 Å². The highest BCUT2D eigenvalue weighted by molar-refractivity contribution is 9.10. The lowest BCUT2D eigenvalue weighted by molar-refractivity contribution is 0.415. The highest BCUT2D eigenvalue weighted by atomic mass is 79.9. The molecule has 0 aliphatic carbocycles. The van der Waals surface area contributed by atoms with Gasteiger partial charge in [0.25, 0.3) is 0 Å². The zero-order valence-electron chi connectivity index (χ0n) is 9.45. The van der Waals surface area contributed by atoms with Crippen molar-refractivity contribution < 1.29 is 4.74 Å². The average Bonchev–Trinajstić information content (AvgIpc) is 2.33. The highest BCUT2D eigenvalue weighted by Crippen LogP contribution is 2.28. The van der Waals surface area contributed by atoms with E-state index in [0.717, 1.165) is 10.2 Å². The number of ether oxygens (including phenoxy) is 1. The molecule has 3 N–H and O–H groups in total. The van der Waals surface area contributed by atoms with E-state index in [9.17, 15) is 0 Å². The average molecular weight is 330 g/mol. The Morgan fingerprint density at radius 3 is 2.89 bits per heavy atom. The van der Waals surface area contributed by atoms with Crippen LogP contribution in [0.2, 0.25) is 5.02 Å². The number of anilines is 3. The Balaban J connectivity index is 2.33. The van der Waals surface area contributed by atoms with E-state index in [1.54, 1.807) is 7.11 Å². The van der Waals surface area contributed by atoms with Gasteiger partial charge >= 0.3 is 0 Å². The molecular formula is C11H10BrClN4O. The molecule has 0 saturated heterocycles. The molecule has 0 spiro atoms. The minimum absolute atomic E-state index is 0.156. The van der Waals surface area contributed by atoms with Crippen LogP contribution in [-0.2, 0) is 0 Å². The molecule has 0 aliphatic heterocycles. The highest BCUT2D eigenvalue weighted by Gasteiger charge is 2.06. The summed E-state index contributed by atoms with van der Waals surface area (Å²) in [5, 5.41) is 3.45. The lowest BCUT2D eigenvalue weighted by Gasteiger charge is -2.09. The van der Waals surface area contributed by atoms with E-state index in [0.29, 0.717) is 16.6 Å². The number of benzene rings is 1. The molecule has 2 aromatic rings. The standard InChI is InChI=1S/C11H10BrClN4O/c1-18-8-3-6(12)2-7(4-8)16-10-9(13)5-15-11(14)17-10/h2-5H,1H3,(H3,14,15,16,17). The summed E-state index contributed by atoms with van der Waals surface area (Å²) >= 11 is 9.36. The molecule has 0 fully saturated rings. The first-order chi connectivity index (χ1) is 8.58. The number of aromatic nitrogens is 2. The number of hydrogen-bond acceptors (Lipinski definition) is 5. The van der Waals surface area contributed by atoms with E-state index in [1.807, 2.05) is 18.2 Å². The summed E-state index contributed by atoms with van der Waals surface area (Å²) in [4.78, 5) is 7.81. The van der Waals surface area contributed by atoms with Crippen molar-refractivity contribution in [2.45, 2.75) is 0 Å². The summed E-state index contributed by atoms with van der Waals surface area (Å²) in [7, 11) is 1.60. The van der Waals surface area contributed by atoms with Crippen molar-refractivity contribution in [3.63, 3.8) is 0 Å². The SMILES string of the molecule is COc1cc(Br)cc(Nc2nc(N)ncc2Cl)c1. The molecule has 18 heavy (non-hydrogen) atoms. The van der Waals surface area contributed by atoms with Crippen molar-refractivity contribution >= 4 is 45.0 Å². The fraction of sp³-hybridized carbons (Fsp3) is 0.0909. The van der Waals surface area contributed by atoms with Gasteiger partial charge in [0, 0.05) is 16.2 Å². The number of nitrogens with one attached hydrogen (secondary N) is 1. The van der Waals surface area contributed by atoms with Crippen LogP contribution in [0.1, 0.15) is 0 Å². The Labute approximate surface area is 117 Å². The third-order valence-corrected chi connectivity index (χ3v) is 2.87. The number of rotatable bonds is 3. The second kappa shape index (κ2) is 5.41. The fourth-order valence-electron chi connectivity index (χ4n) is 1.36. The van der Waals surface area contributed by atoms with Crippen LogP contribution in [0.25, 0.3) is 0 Å². The topological polar surface area (TPSA) is 73.1 Å². The van der Waals surface area contributed by atoms with E-state index in [1.165, 1.54) is 6.20 Å². The Hall–Kier alpha value is -1.53. The van der Waals surface area contributed by atoms with Crippen molar-refractivity contribution in [3.05, 3.63) is 33.9 Å². The molecule has 7 heteroatoms. The van der Waals surface area contributed by atoms with Gasteiger partial charge in [0.1, 0.15) is 10.8 Å². The summed E-state index contributed by atoms with van der Waals surface area (Å²) in [6.07, 6.45) is 1.45. The Morgan fingerprint density at radius 1 is 1.39 bits per heavy atom. The maximum Gasteiger partial charge on any atom is 0.222 e. The summed E-state index contributed by atoms with van der Waals surface area (Å²) in [6, 6.07) is 5.54. The van der Waals surface area contributed by atoms with Crippen LogP contribution in [-0.4, -0.2) is 17.1 Å². The van der Waals surface area contributed by atoms with Gasteiger partial charge in [-0.15, -0.1) is 0 Å². The number of nitrogen functional groups attached to an aromatic ring is 1. The van der Waals surface area contributed by atoms with E-state index in [-0.39, 0.29) is 5.95 Å². The largest absolute Gasteiger partial charge is 0.497 e. The first-order valence-electron chi connectivity index (χ1n) is 4.98. The lowest BCUT2D eigenvalue weighted by atomic mass is 10.3. The molecule has 0 bridgehead atoms. The van der Waals surface area contributed by atoms with Crippen molar-refractivity contribution in [1.29, 1.82) is 0 Å². The summed E-state index contributed by atoms with van der Waals surface area (Å²) in [5.74, 6) is 1.32. The van der Waals surface area contributed by atoms with Crippen molar-refractivity contribution in [1.82, 2.24) is 9.97 Å². The monoisotopic (exact) mass is 328 g/mol. The van der Waals surface area contributed by atoms with Crippen LogP contribution >= 0.6 is 27.5 Å². The number of nitrogens with two attached hydrogens (primary N) is 1. The van der Waals surface area contributed by atoms with Gasteiger partial charge in [-0.2, -0.15) is 4.98 Å². The fourth-order valence-corrected chi connectivity index (χ4v) is 1.97. The quantitative estimate of drug-likeness (QED) is 0.904. The molecular weight excluding hydrogens is 320 g/mol. The van der Waals surface area contributed by atoms with Crippen LogP contribution < -0.4 is 15.8 Å². The number of halogens is 2. The van der Waals surface area contributed by atoms with Crippen LogP contribution in [0, 0.1) is 0 Å². The van der Waals surface area contributed by atoms with Crippen LogP contribution in [0.3, 0.4) is 0 Å². The van der Waals surface area contributed by atoms with Gasteiger partial charge in [0.15, 0.2) is 5.82 Å². The van der Waals surface area contributed by atoms with Crippen molar-refractivity contribution in [2.75, 3.05) is 18.2 Å². The molecule has 0 atom stereocenters. The third kappa shape index (κ3) is 3.02. The molecule has 5 nitrogen and oxygen atoms in total. The number of nitrogens with zero attached hydrogens (tertiary/aromatic N) is 2. The van der Waals surface area contributed by atoms with Crippen molar-refractivity contribution in [3.8, 4) is 5.75 Å². The first-order valence-corrected chi connectivity index (χ1v) is 6.15.